The van der Waals surface area contributed by atoms with Gasteiger partial charge in [-0.1, -0.05) is 0 Å². The summed E-state index contributed by atoms with van der Waals surface area (Å²) in [6.45, 7) is 3.95. The number of rotatable bonds is 5. The second-order valence-electron chi connectivity index (χ2n) is 5.33. The number of ether oxygens (including phenoxy) is 3. The van der Waals surface area contributed by atoms with Crippen LogP contribution in [0.5, 0.6) is 0 Å². The zero-order valence-corrected chi connectivity index (χ0v) is 15.8. The maximum atomic E-state index is 11.7. The van der Waals surface area contributed by atoms with E-state index >= 15 is 0 Å². The lowest BCUT2D eigenvalue weighted by Gasteiger charge is -2.33. The highest BCUT2D eigenvalue weighted by Crippen LogP contribution is 2.42. The summed E-state index contributed by atoms with van der Waals surface area (Å²) in [6, 6.07) is 0. The fraction of sp³-hybridized carbons (Fsp3) is 0.692. The molecule has 2 rings (SSSR count). The van der Waals surface area contributed by atoms with Gasteiger partial charge >= 0.3 is 0 Å². The Labute approximate surface area is 147 Å². The highest BCUT2D eigenvalue weighted by Gasteiger charge is 2.55. The first-order valence-corrected chi connectivity index (χ1v) is 7.97. The van der Waals surface area contributed by atoms with E-state index in [2.05, 4.69) is 4.98 Å². The fourth-order valence-electron chi connectivity index (χ4n) is 2.78. The van der Waals surface area contributed by atoms with Gasteiger partial charge in [-0.05, 0) is 26.1 Å². The van der Waals surface area contributed by atoms with Crippen molar-refractivity contribution in [1.82, 2.24) is 9.55 Å². The molecule has 4 atom stereocenters. The van der Waals surface area contributed by atoms with Crippen LogP contribution in [0.2, 0.25) is 0 Å². The number of hydrogen-bond donors (Lipinski definition) is 1. The van der Waals surface area contributed by atoms with Gasteiger partial charge in [-0.15, -0.1) is 0 Å². The molecule has 0 bridgehead atoms. The van der Waals surface area contributed by atoms with Gasteiger partial charge in [0.25, 0.3) is 5.56 Å². The summed E-state index contributed by atoms with van der Waals surface area (Å²) < 4.78 is 24.5. The third kappa shape index (κ3) is 3.02. The second-order valence-corrected chi connectivity index (χ2v) is 6.34. The van der Waals surface area contributed by atoms with Crippen molar-refractivity contribution in [3.63, 3.8) is 0 Å². The summed E-state index contributed by atoms with van der Waals surface area (Å²) in [4.78, 5) is 14.3. The summed E-state index contributed by atoms with van der Waals surface area (Å²) in [5, 5.41) is 0. The Balaban J connectivity index is 2.52. The van der Waals surface area contributed by atoms with E-state index < -0.39 is 11.8 Å². The highest BCUT2D eigenvalue weighted by molar-refractivity contribution is 14.1. The Morgan fingerprint density at radius 1 is 1.55 bits per heavy atom. The molecular weight excluding hydrogens is 423 g/mol. The third-order valence-corrected chi connectivity index (χ3v) is 4.69. The Morgan fingerprint density at radius 2 is 2.23 bits per heavy atom. The minimum atomic E-state index is -0.780. The van der Waals surface area contributed by atoms with E-state index in [4.69, 9.17) is 29.5 Å². The van der Waals surface area contributed by atoms with Crippen molar-refractivity contribution in [1.29, 1.82) is 0 Å². The van der Waals surface area contributed by atoms with Crippen molar-refractivity contribution in [2.75, 3.05) is 20.8 Å². The first-order valence-electron chi connectivity index (χ1n) is 6.68. The van der Waals surface area contributed by atoms with Crippen LogP contribution >= 0.6 is 35.2 Å². The van der Waals surface area contributed by atoms with Crippen molar-refractivity contribution < 1.29 is 17.3 Å². The monoisotopic (exact) mass is 442 g/mol. The minimum absolute atomic E-state index is 0.214. The molecule has 0 aliphatic carbocycles. The largest absolute Gasteiger partial charge is 0.375 e. The zero-order valence-electron chi connectivity index (χ0n) is 12.8. The number of halogens is 1. The lowest BCUT2D eigenvalue weighted by atomic mass is 9.96. The number of methoxy groups -OCH3 is 2. The minimum Gasteiger partial charge on any atom is -0.375 e. The van der Waals surface area contributed by atoms with Crippen LogP contribution in [0.4, 0.5) is 0 Å². The maximum Gasteiger partial charge on any atom is 0.254 e. The number of H-pyrrole nitrogens is 1. The molecule has 1 aromatic rings. The van der Waals surface area contributed by atoms with Crippen molar-refractivity contribution in [3.05, 3.63) is 26.9 Å². The smallest absolute Gasteiger partial charge is 0.254 e. The number of nitrogens with one attached hydrogen (secondary N) is 1. The molecule has 0 amide bonds. The molecule has 9 heteroatoms. The maximum absolute atomic E-state index is 11.7. The van der Waals surface area contributed by atoms with Gasteiger partial charge < -0.3 is 17.3 Å². The standard InChI is InChI=1S/C13H19IN2O5S/c1-7-5-16(12(22)15-10(7)17)11-13(2,19-4)9(18-3)8(21-11)6-20-14/h5,8-9,11H,6H2,1-4H3,(H,15,17,22)/t8-,9?,11-,13?/m1/s1. The van der Waals surface area contributed by atoms with E-state index in [0.717, 1.165) is 0 Å². The van der Waals surface area contributed by atoms with Gasteiger partial charge in [0.1, 0.15) is 40.8 Å². The van der Waals surface area contributed by atoms with Crippen LogP contribution in [0.1, 0.15) is 18.7 Å². The first kappa shape index (κ1) is 18.0. The Morgan fingerprint density at radius 3 is 2.77 bits per heavy atom. The number of aromatic nitrogens is 2. The second kappa shape index (κ2) is 7.05. The molecule has 1 aliphatic heterocycles. The molecule has 1 fully saturated rings. The van der Waals surface area contributed by atoms with Gasteiger partial charge in [0.15, 0.2) is 11.0 Å². The predicted octanol–water partition coefficient (Wildman–Crippen LogP) is 1.90. The van der Waals surface area contributed by atoms with E-state index in [9.17, 15) is 4.79 Å². The normalized spacial score (nSPS) is 31.6. The van der Waals surface area contributed by atoms with Crippen LogP contribution in [0.3, 0.4) is 0 Å². The highest BCUT2D eigenvalue weighted by atomic mass is 127. The number of hydrogen-bond acceptors (Lipinski definition) is 6. The summed E-state index contributed by atoms with van der Waals surface area (Å²) in [5.41, 5.74) is -0.454. The lowest BCUT2D eigenvalue weighted by Crippen LogP contribution is -2.47. The van der Waals surface area contributed by atoms with Crippen molar-refractivity contribution >= 4 is 35.2 Å². The van der Waals surface area contributed by atoms with Crippen LogP contribution in [-0.2, 0) is 17.3 Å². The fourth-order valence-corrected chi connectivity index (χ4v) is 3.37. The summed E-state index contributed by atoms with van der Waals surface area (Å²) in [7, 11) is 3.20. The van der Waals surface area contributed by atoms with E-state index in [1.54, 1.807) is 31.9 Å². The van der Waals surface area contributed by atoms with E-state index in [1.165, 1.54) is 0 Å². The summed E-state index contributed by atoms with van der Waals surface area (Å²) >= 11 is 7.08. The van der Waals surface area contributed by atoms with Gasteiger partial charge in [0.2, 0.25) is 0 Å². The lowest BCUT2D eigenvalue weighted by molar-refractivity contribution is -0.127. The van der Waals surface area contributed by atoms with Crippen LogP contribution in [0.15, 0.2) is 11.0 Å². The topological polar surface area (TPSA) is 74.7 Å². The van der Waals surface area contributed by atoms with Crippen molar-refractivity contribution in [2.45, 2.75) is 37.9 Å². The van der Waals surface area contributed by atoms with Crippen LogP contribution in [0.25, 0.3) is 0 Å². The molecular formula is C13H19IN2O5S. The Kier molecular flexibility index (Phi) is 5.78. The summed E-state index contributed by atoms with van der Waals surface area (Å²) in [5.74, 6) is 0. The van der Waals surface area contributed by atoms with Crippen LogP contribution < -0.4 is 5.56 Å². The SMILES string of the molecule is COC1[C@@H](COI)O[C@@H](n2cc(C)c(=O)[nH]c2=S)C1(C)OC. The molecule has 0 saturated carbocycles. The van der Waals surface area contributed by atoms with Crippen LogP contribution in [-0.4, -0.2) is 48.2 Å². The van der Waals surface area contributed by atoms with Gasteiger partial charge in [0.05, 0.1) is 6.61 Å². The zero-order chi connectivity index (χ0) is 16.5. The van der Waals surface area contributed by atoms with E-state index in [-0.39, 0.29) is 22.5 Å². The molecule has 0 radical (unpaired) electrons. The van der Waals surface area contributed by atoms with Crippen molar-refractivity contribution in [2.24, 2.45) is 0 Å². The first-order chi connectivity index (χ1) is 10.4. The van der Waals surface area contributed by atoms with E-state index in [0.29, 0.717) is 12.2 Å². The molecule has 7 nitrogen and oxygen atoms in total. The predicted molar refractivity (Wildman–Crippen MR) is 90.7 cm³/mol. The van der Waals surface area contributed by atoms with Gasteiger partial charge in [-0.25, -0.2) is 0 Å². The Bertz CT molecular complexity index is 648. The van der Waals surface area contributed by atoms with Crippen LogP contribution in [0, 0.1) is 11.7 Å². The Hall–Kier alpha value is -0.330. The molecule has 2 heterocycles. The average Bonchev–Trinajstić information content (AvgIpc) is 2.76. The molecule has 124 valence electrons. The molecule has 0 spiro atoms. The van der Waals surface area contributed by atoms with Gasteiger partial charge in [-0.2, -0.15) is 0 Å². The number of aryl methyl sites for hydroxylation is 1. The van der Waals surface area contributed by atoms with Crippen molar-refractivity contribution in [3.8, 4) is 0 Å². The van der Waals surface area contributed by atoms with Gasteiger partial charge in [-0.3, -0.25) is 14.3 Å². The third-order valence-electron chi connectivity index (χ3n) is 4.02. The number of nitrogens with zero attached hydrogens (tertiary/aromatic N) is 1. The molecule has 1 N–H and O–H groups in total. The molecule has 0 aromatic carbocycles. The van der Waals surface area contributed by atoms with Gasteiger partial charge in [0, 0.05) is 26.0 Å². The average molecular weight is 442 g/mol. The molecule has 2 unspecified atom stereocenters. The molecule has 1 aliphatic rings. The van der Waals surface area contributed by atoms with E-state index in [1.807, 2.05) is 29.9 Å². The molecule has 22 heavy (non-hydrogen) atoms. The number of aromatic amines is 1. The quantitative estimate of drug-likeness (QED) is 0.555. The summed E-state index contributed by atoms with van der Waals surface area (Å²) in [6.07, 6.45) is 0.475. The molecule has 1 saturated heterocycles. The molecule has 1 aromatic heterocycles.